The van der Waals surface area contributed by atoms with Crippen molar-refractivity contribution in [3.63, 3.8) is 0 Å². The summed E-state index contributed by atoms with van der Waals surface area (Å²) < 4.78 is 9.96. The first-order valence-electron chi connectivity index (χ1n) is 5.04. The second-order valence-corrected chi connectivity index (χ2v) is 2.80. The van der Waals surface area contributed by atoms with Crippen molar-refractivity contribution in [2.45, 2.75) is 33.1 Å². The van der Waals surface area contributed by atoms with E-state index in [-0.39, 0.29) is 0 Å². The Hall–Kier alpha value is -1.01. The molecular formula is C11H18O3. The minimum absolute atomic E-state index is 0.442. The molecule has 0 fully saturated rings. The Balaban J connectivity index is 3.36. The van der Waals surface area contributed by atoms with Gasteiger partial charge in [0.15, 0.2) is 0 Å². The van der Waals surface area contributed by atoms with Crippen LogP contribution < -0.4 is 0 Å². The fourth-order valence-electron chi connectivity index (χ4n) is 0.735. The normalized spacial score (nSPS) is 9.00. The second kappa shape index (κ2) is 10.1. The van der Waals surface area contributed by atoms with E-state index in [9.17, 15) is 4.79 Å². The Morgan fingerprint density at radius 2 is 1.86 bits per heavy atom. The maximum atomic E-state index is 10.9. The molecule has 0 aliphatic heterocycles. The first-order valence-corrected chi connectivity index (χ1v) is 5.04. The van der Waals surface area contributed by atoms with Gasteiger partial charge in [-0.25, -0.2) is 4.79 Å². The molecule has 0 radical (unpaired) electrons. The SMILES string of the molecule is CCCOCCC#CC(=O)OCCC. The smallest absolute Gasteiger partial charge is 0.384 e. The van der Waals surface area contributed by atoms with Gasteiger partial charge in [-0.15, -0.1) is 0 Å². The quantitative estimate of drug-likeness (QED) is 0.282. The van der Waals surface area contributed by atoms with Gasteiger partial charge in [-0.3, -0.25) is 0 Å². The van der Waals surface area contributed by atoms with Crippen molar-refractivity contribution in [1.82, 2.24) is 0 Å². The first-order chi connectivity index (χ1) is 6.81. The van der Waals surface area contributed by atoms with Gasteiger partial charge in [-0.05, 0) is 12.8 Å². The van der Waals surface area contributed by atoms with Gasteiger partial charge in [-0.1, -0.05) is 19.8 Å². The maximum absolute atomic E-state index is 10.9. The molecule has 0 aromatic rings. The molecule has 3 heteroatoms. The highest BCUT2D eigenvalue weighted by atomic mass is 16.5. The monoisotopic (exact) mass is 198 g/mol. The molecule has 3 nitrogen and oxygen atoms in total. The number of ether oxygens (including phenoxy) is 2. The Kier molecular flexibility index (Phi) is 9.35. The molecule has 0 saturated carbocycles. The van der Waals surface area contributed by atoms with Gasteiger partial charge < -0.3 is 9.47 Å². The van der Waals surface area contributed by atoms with Crippen LogP contribution in [0.2, 0.25) is 0 Å². The minimum Gasteiger partial charge on any atom is -0.456 e. The third-order valence-electron chi connectivity index (χ3n) is 1.35. The van der Waals surface area contributed by atoms with E-state index in [1.165, 1.54) is 0 Å². The number of hydrogen-bond donors (Lipinski definition) is 0. The van der Waals surface area contributed by atoms with Crippen molar-refractivity contribution in [1.29, 1.82) is 0 Å². The van der Waals surface area contributed by atoms with Gasteiger partial charge in [-0.2, -0.15) is 0 Å². The fourth-order valence-corrected chi connectivity index (χ4v) is 0.735. The molecule has 0 N–H and O–H groups in total. The zero-order valence-electron chi connectivity index (χ0n) is 8.97. The third-order valence-corrected chi connectivity index (χ3v) is 1.35. The van der Waals surface area contributed by atoms with Gasteiger partial charge in [0, 0.05) is 18.9 Å². The van der Waals surface area contributed by atoms with Crippen molar-refractivity contribution in [2.24, 2.45) is 0 Å². The molecular weight excluding hydrogens is 180 g/mol. The molecule has 80 valence electrons. The summed E-state index contributed by atoms with van der Waals surface area (Å²) in [6, 6.07) is 0. The van der Waals surface area contributed by atoms with Crippen molar-refractivity contribution in [2.75, 3.05) is 19.8 Å². The topological polar surface area (TPSA) is 35.5 Å². The van der Waals surface area contributed by atoms with Crippen LogP contribution in [0.25, 0.3) is 0 Å². The summed E-state index contributed by atoms with van der Waals surface area (Å²) in [4.78, 5) is 10.9. The third kappa shape index (κ3) is 9.08. The lowest BCUT2D eigenvalue weighted by Gasteiger charge is -1.96. The van der Waals surface area contributed by atoms with Gasteiger partial charge in [0.05, 0.1) is 13.2 Å². The molecule has 0 heterocycles. The molecule has 0 amide bonds. The molecule has 0 aliphatic carbocycles. The number of rotatable bonds is 6. The number of carbonyl (C=O) groups excluding carboxylic acids is 1. The standard InChI is InChI=1S/C11H18O3/c1-3-8-13-10-6-5-7-11(12)14-9-4-2/h3-4,6,8-10H2,1-2H3. The zero-order chi connectivity index (χ0) is 10.6. The number of esters is 1. The van der Waals surface area contributed by atoms with Gasteiger partial charge >= 0.3 is 5.97 Å². The highest BCUT2D eigenvalue weighted by Gasteiger charge is 1.93. The zero-order valence-corrected chi connectivity index (χ0v) is 8.97. The molecule has 0 aromatic heterocycles. The Labute approximate surface area is 85.8 Å². The summed E-state index contributed by atoms with van der Waals surface area (Å²) in [6.07, 6.45) is 2.42. The van der Waals surface area contributed by atoms with E-state index >= 15 is 0 Å². The lowest BCUT2D eigenvalue weighted by atomic mass is 10.4. The van der Waals surface area contributed by atoms with Crippen LogP contribution in [0, 0.1) is 11.8 Å². The van der Waals surface area contributed by atoms with E-state index in [1.54, 1.807) is 0 Å². The molecule has 0 rings (SSSR count). The van der Waals surface area contributed by atoms with E-state index in [2.05, 4.69) is 11.8 Å². The summed E-state index contributed by atoms with van der Waals surface area (Å²) in [7, 11) is 0. The second-order valence-electron chi connectivity index (χ2n) is 2.80. The summed E-state index contributed by atoms with van der Waals surface area (Å²) in [5, 5.41) is 0. The molecule has 0 saturated heterocycles. The van der Waals surface area contributed by atoms with E-state index < -0.39 is 5.97 Å². The van der Waals surface area contributed by atoms with Crippen LogP contribution in [0.5, 0.6) is 0 Å². The number of carbonyl (C=O) groups is 1. The van der Waals surface area contributed by atoms with Crippen LogP contribution in [0.1, 0.15) is 33.1 Å². The minimum atomic E-state index is -0.442. The predicted octanol–water partition coefficient (Wildman–Crippen LogP) is 1.76. The van der Waals surface area contributed by atoms with E-state index in [4.69, 9.17) is 9.47 Å². The average molecular weight is 198 g/mol. The van der Waals surface area contributed by atoms with Gasteiger partial charge in [0.25, 0.3) is 0 Å². The van der Waals surface area contributed by atoms with Crippen LogP contribution >= 0.6 is 0 Å². The molecule has 0 spiro atoms. The molecule has 0 bridgehead atoms. The Morgan fingerprint density at radius 1 is 1.14 bits per heavy atom. The van der Waals surface area contributed by atoms with Crippen LogP contribution in [0.3, 0.4) is 0 Å². The first kappa shape index (κ1) is 13.0. The van der Waals surface area contributed by atoms with Crippen molar-refractivity contribution >= 4 is 5.97 Å². The summed E-state index contributed by atoms with van der Waals surface area (Å²) in [5.74, 6) is 4.66. The van der Waals surface area contributed by atoms with Crippen molar-refractivity contribution in [3.05, 3.63) is 0 Å². The molecule has 0 aromatic carbocycles. The van der Waals surface area contributed by atoms with Crippen LogP contribution in [0.4, 0.5) is 0 Å². The molecule has 14 heavy (non-hydrogen) atoms. The number of hydrogen-bond acceptors (Lipinski definition) is 3. The molecule has 0 unspecified atom stereocenters. The summed E-state index contributed by atoms with van der Waals surface area (Å²) >= 11 is 0. The van der Waals surface area contributed by atoms with Crippen molar-refractivity contribution < 1.29 is 14.3 Å². The lowest BCUT2D eigenvalue weighted by molar-refractivity contribution is -0.136. The maximum Gasteiger partial charge on any atom is 0.384 e. The van der Waals surface area contributed by atoms with Gasteiger partial charge in [0.2, 0.25) is 0 Å². The summed E-state index contributed by atoms with van der Waals surface area (Å²) in [5.41, 5.74) is 0. The Bertz CT molecular complexity index is 200. The largest absolute Gasteiger partial charge is 0.456 e. The summed E-state index contributed by atoms with van der Waals surface area (Å²) in [6.45, 7) is 5.77. The fraction of sp³-hybridized carbons (Fsp3) is 0.727. The van der Waals surface area contributed by atoms with Crippen molar-refractivity contribution in [3.8, 4) is 11.8 Å². The van der Waals surface area contributed by atoms with E-state index in [1.807, 2.05) is 13.8 Å². The highest BCUT2D eigenvalue weighted by molar-refractivity contribution is 5.88. The Morgan fingerprint density at radius 3 is 2.50 bits per heavy atom. The van der Waals surface area contributed by atoms with E-state index in [0.29, 0.717) is 19.6 Å². The molecule has 0 aliphatic rings. The molecule has 0 atom stereocenters. The van der Waals surface area contributed by atoms with E-state index in [0.717, 1.165) is 19.4 Å². The lowest BCUT2D eigenvalue weighted by Crippen LogP contribution is -2.01. The van der Waals surface area contributed by atoms with Gasteiger partial charge in [0.1, 0.15) is 0 Å². The van der Waals surface area contributed by atoms with Crippen LogP contribution in [-0.4, -0.2) is 25.8 Å². The average Bonchev–Trinajstić information content (AvgIpc) is 2.20. The van der Waals surface area contributed by atoms with Crippen LogP contribution in [0.15, 0.2) is 0 Å². The van der Waals surface area contributed by atoms with Crippen LogP contribution in [-0.2, 0) is 14.3 Å². The predicted molar refractivity (Wildman–Crippen MR) is 54.8 cm³/mol. The highest BCUT2D eigenvalue weighted by Crippen LogP contribution is 1.84.